The number of piperazine rings is 1. The van der Waals surface area contributed by atoms with E-state index in [4.69, 9.17) is 16.2 Å². The molecular formula is C13H17N5O3. The first kappa shape index (κ1) is 14.6. The van der Waals surface area contributed by atoms with Crippen molar-refractivity contribution >= 4 is 23.6 Å². The summed E-state index contributed by atoms with van der Waals surface area (Å²) in [6, 6.07) is 5.79. The number of urea groups is 1. The number of hydrogen-bond donors (Lipinski definition) is 4. The van der Waals surface area contributed by atoms with Crippen LogP contribution < -0.4 is 11.1 Å². The van der Waals surface area contributed by atoms with Crippen molar-refractivity contribution in [1.29, 1.82) is 5.41 Å². The summed E-state index contributed by atoms with van der Waals surface area (Å²) in [5, 5.41) is 18.9. The van der Waals surface area contributed by atoms with E-state index in [9.17, 15) is 9.59 Å². The molecule has 0 unspecified atom stereocenters. The Kier molecular flexibility index (Phi) is 4.27. The average Bonchev–Trinajstić information content (AvgIpc) is 2.47. The topological polar surface area (TPSA) is 123 Å². The van der Waals surface area contributed by atoms with Gasteiger partial charge in [0.25, 0.3) is 0 Å². The summed E-state index contributed by atoms with van der Waals surface area (Å²) in [5.74, 6) is -1.04. The predicted octanol–water partition coefficient (Wildman–Crippen LogP) is 0.428. The highest BCUT2D eigenvalue weighted by atomic mass is 16.4. The molecule has 21 heavy (non-hydrogen) atoms. The first-order chi connectivity index (χ1) is 9.97. The molecule has 1 aromatic carbocycles. The second-order valence-corrected chi connectivity index (χ2v) is 4.68. The van der Waals surface area contributed by atoms with Crippen molar-refractivity contribution in [3.63, 3.8) is 0 Å². The van der Waals surface area contributed by atoms with Gasteiger partial charge in [-0.15, -0.1) is 0 Å². The molecule has 0 aliphatic carbocycles. The Bertz CT molecular complexity index is 567. The van der Waals surface area contributed by atoms with Crippen LogP contribution >= 0.6 is 0 Å². The molecule has 0 saturated carbocycles. The third kappa shape index (κ3) is 3.62. The fourth-order valence-corrected chi connectivity index (χ4v) is 2.08. The maximum absolute atomic E-state index is 12.1. The number of carbonyl (C=O) groups excluding carboxylic acids is 1. The molecule has 2 amide bonds. The second kappa shape index (κ2) is 6.12. The van der Waals surface area contributed by atoms with Crippen molar-refractivity contribution in [3.05, 3.63) is 29.8 Å². The number of carboxylic acids is 1. The summed E-state index contributed by atoms with van der Waals surface area (Å²) in [6.07, 6.45) is 0. The molecule has 0 atom stereocenters. The van der Waals surface area contributed by atoms with Crippen LogP contribution in [-0.4, -0.2) is 59.0 Å². The van der Waals surface area contributed by atoms with Gasteiger partial charge in [0, 0.05) is 31.9 Å². The van der Waals surface area contributed by atoms with E-state index in [0.29, 0.717) is 31.9 Å². The minimum atomic E-state index is -1.04. The molecule has 1 fully saturated rings. The van der Waals surface area contributed by atoms with E-state index < -0.39 is 5.97 Å². The third-order valence-electron chi connectivity index (χ3n) is 3.27. The first-order valence-electron chi connectivity index (χ1n) is 6.45. The molecule has 1 aliphatic heterocycles. The summed E-state index contributed by atoms with van der Waals surface area (Å²) < 4.78 is 0. The lowest BCUT2D eigenvalue weighted by atomic mass is 10.2. The Morgan fingerprint density at radius 2 is 1.81 bits per heavy atom. The molecule has 0 spiro atoms. The second-order valence-electron chi connectivity index (χ2n) is 4.68. The van der Waals surface area contributed by atoms with Gasteiger partial charge in [-0.1, -0.05) is 6.07 Å². The minimum absolute atomic E-state index is 0.00391. The zero-order valence-corrected chi connectivity index (χ0v) is 11.4. The van der Waals surface area contributed by atoms with Gasteiger partial charge in [0.15, 0.2) is 5.96 Å². The van der Waals surface area contributed by atoms with E-state index in [1.807, 2.05) is 0 Å². The van der Waals surface area contributed by atoms with Crippen LogP contribution in [0.4, 0.5) is 10.5 Å². The number of nitrogens with one attached hydrogen (secondary N) is 2. The van der Waals surface area contributed by atoms with Gasteiger partial charge in [-0.05, 0) is 18.2 Å². The minimum Gasteiger partial charge on any atom is -0.478 e. The number of carboxylic acid groups (broad SMARTS) is 1. The zero-order valence-electron chi connectivity index (χ0n) is 11.4. The van der Waals surface area contributed by atoms with Gasteiger partial charge in [0.2, 0.25) is 0 Å². The Morgan fingerprint density at radius 3 is 2.38 bits per heavy atom. The summed E-state index contributed by atoms with van der Waals surface area (Å²) >= 11 is 0. The summed E-state index contributed by atoms with van der Waals surface area (Å²) in [6.45, 7) is 1.95. The van der Waals surface area contributed by atoms with Crippen LogP contribution in [-0.2, 0) is 0 Å². The van der Waals surface area contributed by atoms with Crippen LogP contribution in [0.1, 0.15) is 10.4 Å². The maximum Gasteiger partial charge on any atom is 0.335 e. The molecule has 8 nitrogen and oxygen atoms in total. The van der Waals surface area contributed by atoms with E-state index in [-0.39, 0.29) is 17.6 Å². The van der Waals surface area contributed by atoms with Crippen LogP contribution in [0.3, 0.4) is 0 Å². The van der Waals surface area contributed by atoms with Gasteiger partial charge >= 0.3 is 12.0 Å². The number of nitrogens with zero attached hydrogens (tertiary/aromatic N) is 2. The van der Waals surface area contributed by atoms with Gasteiger partial charge in [0.05, 0.1) is 5.56 Å². The number of hydrogen-bond acceptors (Lipinski definition) is 3. The molecule has 1 saturated heterocycles. The predicted molar refractivity (Wildman–Crippen MR) is 77.5 cm³/mol. The number of aromatic carboxylic acids is 1. The fraction of sp³-hybridized carbons (Fsp3) is 0.308. The quantitative estimate of drug-likeness (QED) is 0.465. The number of nitrogens with two attached hydrogens (primary N) is 1. The van der Waals surface area contributed by atoms with Crippen molar-refractivity contribution in [3.8, 4) is 0 Å². The van der Waals surface area contributed by atoms with E-state index in [0.717, 1.165) is 0 Å². The number of rotatable bonds is 2. The van der Waals surface area contributed by atoms with E-state index in [1.54, 1.807) is 21.9 Å². The van der Waals surface area contributed by atoms with Gasteiger partial charge in [-0.2, -0.15) is 0 Å². The van der Waals surface area contributed by atoms with Crippen molar-refractivity contribution in [2.45, 2.75) is 0 Å². The average molecular weight is 291 g/mol. The molecule has 8 heteroatoms. The molecule has 0 radical (unpaired) electrons. The normalized spacial score (nSPS) is 14.7. The Labute approximate surface area is 121 Å². The molecule has 1 aromatic rings. The van der Waals surface area contributed by atoms with Crippen molar-refractivity contribution in [2.24, 2.45) is 5.73 Å². The first-order valence-corrected chi connectivity index (χ1v) is 6.45. The molecule has 2 rings (SSSR count). The van der Waals surface area contributed by atoms with Crippen LogP contribution in [0.5, 0.6) is 0 Å². The van der Waals surface area contributed by atoms with Crippen molar-refractivity contribution in [2.75, 3.05) is 31.5 Å². The summed E-state index contributed by atoms with van der Waals surface area (Å²) in [4.78, 5) is 26.3. The van der Waals surface area contributed by atoms with Crippen LogP contribution in [0, 0.1) is 5.41 Å². The van der Waals surface area contributed by atoms with Crippen molar-refractivity contribution in [1.82, 2.24) is 9.80 Å². The molecule has 1 aliphatic rings. The van der Waals surface area contributed by atoms with E-state index in [1.165, 1.54) is 12.1 Å². The van der Waals surface area contributed by atoms with Gasteiger partial charge < -0.3 is 26.0 Å². The van der Waals surface area contributed by atoms with Crippen LogP contribution in [0.15, 0.2) is 24.3 Å². The van der Waals surface area contributed by atoms with Gasteiger partial charge in [0.1, 0.15) is 0 Å². The summed E-state index contributed by atoms with van der Waals surface area (Å²) in [7, 11) is 0. The van der Waals surface area contributed by atoms with Crippen LogP contribution in [0.2, 0.25) is 0 Å². The Morgan fingerprint density at radius 1 is 1.19 bits per heavy atom. The summed E-state index contributed by atoms with van der Waals surface area (Å²) in [5.41, 5.74) is 5.95. The molecule has 0 aromatic heterocycles. The molecule has 0 bridgehead atoms. The number of carbonyl (C=O) groups is 2. The fourth-order valence-electron chi connectivity index (χ4n) is 2.08. The molecule has 1 heterocycles. The number of anilines is 1. The lowest BCUT2D eigenvalue weighted by Gasteiger charge is -2.34. The Hall–Kier alpha value is -2.77. The molecular weight excluding hydrogens is 274 g/mol. The lowest BCUT2D eigenvalue weighted by Crippen LogP contribution is -2.53. The molecule has 112 valence electrons. The highest BCUT2D eigenvalue weighted by Gasteiger charge is 2.21. The van der Waals surface area contributed by atoms with Crippen LogP contribution in [0.25, 0.3) is 0 Å². The lowest BCUT2D eigenvalue weighted by molar-refractivity contribution is 0.0697. The van der Waals surface area contributed by atoms with Crippen molar-refractivity contribution < 1.29 is 14.7 Å². The van der Waals surface area contributed by atoms with E-state index >= 15 is 0 Å². The highest BCUT2D eigenvalue weighted by Crippen LogP contribution is 2.12. The maximum atomic E-state index is 12.1. The van der Waals surface area contributed by atoms with Gasteiger partial charge in [-0.3, -0.25) is 5.41 Å². The Balaban J connectivity index is 1.95. The highest BCUT2D eigenvalue weighted by molar-refractivity contribution is 5.93. The van der Waals surface area contributed by atoms with Gasteiger partial charge in [-0.25, -0.2) is 9.59 Å². The smallest absolute Gasteiger partial charge is 0.335 e. The van der Waals surface area contributed by atoms with E-state index in [2.05, 4.69) is 5.32 Å². The SMILES string of the molecule is N=C(N)N1CCN(C(=O)Nc2cccc(C(=O)O)c2)CC1. The number of benzene rings is 1. The molecule has 5 N–H and O–H groups in total. The third-order valence-corrected chi connectivity index (χ3v) is 3.27. The number of amides is 2. The number of guanidine groups is 1. The monoisotopic (exact) mass is 291 g/mol. The standard InChI is InChI=1S/C13H17N5O3/c14-12(15)17-4-6-18(7-5-17)13(21)16-10-3-1-2-9(8-10)11(19)20/h1-3,8H,4-7H2,(H3,14,15)(H,16,21)(H,19,20). The largest absolute Gasteiger partial charge is 0.478 e. The zero-order chi connectivity index (χ0) is 15.4.